The predicted molar refractivity (Wildman–Crippen MR) is 85.6 cm³/mol. The van der Waals surface area contributed by atoms with Gasteiger partial charge in [0.25, 0.3) is 5.91 Å². The van der Waals surface area contributed by atoms with Crippen LogP contribution in [0, 0.1) is 0 Å². The topological polar surface area (TPSA) is 69.0 Å². The number of ether oxygens (including phenoxy) is 1. The van der Waals surface area contributed by atoms with Gasteiger partial charge in [-0.2, -0.15) is 13.9 Å². The molecule has 128 valence electrons. The van der Waals surface area contributed by atoms with Crippen LogP contribution in [0.25, 0.3) is 5.69 Å². The van der Waals surface area contributed by atoms with Crippen molar-refractivity contribution in [3.63, 3.8) is 0 Å². The molecule has 1 heterocycles. The summed E-state index contributed by atoms with van der Waals surface area (Å²) in [6, 6.07) is 13.1. The third-order valence-corrected chi connectivity index (χ3v) is 3.44. The molecule has 0 aliphatic heterocycles. The SMILES string of the molecule is O=C(NCc1ccccc1OC(F)F)c1ccc(-n2cncn2)cc1. The van der Waals surface area contributed by atoms with E-state index < -0.39 is 6.61 Å². The number of nitrogens with one attached hydrogen (secondary N) is 1. The number of carbonyl (C=O) groups is 1. The molecule has 1 amide bonds. The Balaban J connectivity index is 1.65. The normalized spacial score (nSPS) is 10.7. The van der Waals surface area contributed by atoms with Crippen LogP contribution in [-0.2, 0) is 6.54 Å². The summed E-state index contributed by atoms with van der Waals surface area (Å²) in [6.07, 6.45) is 2.97. The number of para-hydroxylation sites is 1. The van der Waals surface area contributed by atoms with Crippen molar-refractivity contribution in [3.05, 3.63) is 72.3 Å². The van der Waals surface area contributed by atoms with Gasteiger partial charge in [-0.1, -0.05) is 18.2 Å². The Labute approximate surface area is 142 Å². The lowest BCUT2D eigenvalue weighted by Gasteiger charge is -2.11. The standard InChI is InChI=1S/C17H14F2N4O2/c18-17(19)25-15-4-2-1-3-13(15)9-21-16(24)12-5-7-14(8-6-12)23-11-20-10-22-23/h1-8,10-11,17H,9H2,(H,21,24). The largest absolute Gasteiger partial charge is 0.434 e. The smallest absolute Gasteiger partial charge is 0.387 e. The molecule has 3 rings (SSSR count). The second kappa shape index (κ2) is 7.52. The van der Waals surface area contributed by atoms with Gasteiger partial charge in [-0.05, 0) is 30.3 Å². The zero-order valence-corrected chi connectivity index (χ0v) is 13.0. The number of carbonyl (C=O) groups excluding carboxylic acids is 1. The molecule has 0 saturated carbocycles. The highest BCUT2D eigenvalue weighted by Gasteiger charge is 2.11. The van der Waals surface area contributed by atoms with E-state index in [4.69, 9.17) is 0 Å². The highest BCUT2D eigenvalue weighted by molar-refractivity contribution is 5.94. The maximum atomic E-state index is 12.4. The molecule has 8 heteroatoms. The van der Waals surface area contributed by atoms with Crippen molar-refractivity contribution in [1.29, 1.82) is 0 Å². The van der Waals surface area contributed by atoms with Crippen LogP contribution in [0.2, 0.25) is 0 Å². The van der Waals surface area contributed by atoms with Crippen molar-refractivity contribution in [3.8, 4) is 11.4 Å². The number of aromatic nitrogens is 3. The minimum Gasteiger partial charge on any atom is -0.434 e. The Morgan fingerprint density at radius 3 is 2.60 bits per heavy atom. The average molecular weight is 344 g/mol. The number of hydrogen-bond donors (Lipinski definition) is 1. The van der Waals surface area contributed by atoms with Crippen LogP contribution in [0.4, 0.5) is 8.78 Å². The fourth-order valence-corrected chi connectivity index (χ4v) is 2.25. The summed E-state index contributed by atoms with van der Waals surface area (Å²) in [5.41, 5.74) is 1.68. The fraction of sp³-hybridized carbons (Fsp3) is 0.118. The Morgan fingerprint density at radius 2 is 1.92 bits per heavy atom. The van der Waals surface area contributed by atoms with Gasteiger partial charge >= 0.3 is 6.61 Å². The molecule has 0 unspecified atom stereocenters. The van der Waals surface area contributed by atoms with Crippen molar-refractivity contribution in [2.75, 3.05) is 0 Å². The lowest BCUT2D eigenvalue weighted by molar-refractivity contribution is -0.0504. The van der Waals surface area contributed by atoms with E-state index in [2.05, 4.69) is 20.1 Å². The highest BCUT2D eigenvalue weighted by atomic mass is 19.3. The van der Waals surface area contributed by atoms with Gasteiger partial charge in [0.1, 0.15) is 18.4 Å². The Kier molecular flexibility index (Phi) is 4.98. The van der Waals surface area contributed by atoms with E-state index in [1.807, 2.05) is 0 Å². The van der Waals surface area contributed by atoms with Crippen LogP contribution in [-0.4, -0.2) is 27.3 Å². The Hall–Kier alpha value is -3.29. The number of rotatable bonds is 6. The number of benzene rings is 2. The van der Waals surface area contributed by atoms with E-state index in [-0.39, 0.29) is 18.2 Å². The molecule has 0 fully saturated rings. The third-order valence-electron chi connectivity index (χ3n) is 3.44. The second-order valence-electron chi connectivity index (χ2n) is 5.06. The van der Waals surface area contributed by atoms with E-state index in [1.165, 1.54) is 12.4 Å². The lowest BCUT2D eigenvalue weighted by Crippen LogP contribution is -2.23. The van der Waals surface area contributed by atoms with Crippen LogP contribution < -0.4 is 10.1 Å². The fourth-order valence-electron chi connectivity index (χ4n) is 2.25. The quantitative estimate of drug-likeness (QED) is 0.747. The highest BCUT2D eigenvalue weighted by Crippen LogP contribution is 2.20. The first-order valence-electron chi connectivity index (χ1n) is 7.39. The second-order valence-corrected chi connectivity index (χ2v) is 5.06. The van der Waals surface area contributed by atoms with Gasteiger partial charge < -0.3 is 10.1 Å². The molecule has 0 spiro atoms. The monoisotopic (exact) mass is 344 g/mol. The van der Waals surface area contributed by atoms with Crippen molar-refractivity contribution >= 4 is 5.91 Å². The van der Waals surface area contributed by atoms with Gasteiger partial charge in [-0.25, -0.2) is 9.67 Å². The molecule has 0 bridgehead atoms. The molecule has 1 N–H and O–H groups in total. The molecule has 0 atom stereocenters. The molecule has 0 aliphatic carbocycles. The first-order chi connectivity index (χ1) is 12.1. The van der Waals surface area contributed by atoms with Gasteiger partial charge in [-0.3, -0.25) is 4.79 Å². The van der Waals surface area contributed by atoms with E-state index in [0.29, 0.717) is 11.1 Å². The Morgan fingerprint density at radius 1 is 1.16 bits per heavy atom. The van der Waals surface area contributed by atoms with Gasteiger partial charge in [0.05, 0.1) is 5.69 Å². The van der Waals surface area contributed by atoms with Crippen LogP contribution in [0.1, 0.15) is 15.9 Å². The summed E-state index contributed by atoms with van der Waals surface area (Å²) in [5, 5.41) is 6.68. The third kappa shape index (κ3) is 4.17. The first-order valence-corrected chi connectivity index (χ1v) is 7.39. The van der Waals surface area contributed by atoms with Crippen LogP contribution in [0.15, 0.2) is 61.2 Å². The molecular formula is C17H14F2N4O2. The zero-order chi connectivity index (χ0) is 17.6. The van der Waals surface area contributed by atoms with Gasteiger partial charge in [0, 0.05) is 17.7 Å². The molecule has 0 saturated heterocycles. The van der Waals surface area contributed by atoms with E-state index in [0.717, 1.165) is 5.69 Å². The average Bonchev–Trinajstić information content (AvgIpc) is 3.15. The minimum absolute atomic E-state index is 0.0410. The molecular weight excluding hydrogens is 330 g/mol. The molecule has 2 aromatic carbocycles. The maximum absolute atomic E-state index is 12.4. The minimum atomic E-state index is -2.92. The molecule has 0 radical (unpaired) electrons. The summed E-state index contributed by atoms with van der Waals surface area (Å²) in [5.74, 6) is -0.281. The van der Waals surface area contributed by atoms with Crippen molar-refractivity contribution in [1.82, 2.24) is 20.1 Å². The first kappa shape index (κ1) is 16.6. The number of amides is 1. The lowest BCUT2D eigenvalue weighted by atomic mass is 10.1. The summed E-state index contributed by atoms with van der Waals surface area (Å²) < 4.78 is 30.8. The van der Waals surface area contributed by atoms with E-state index in [1.54, 1.807) is 53.5 Å². The van der Waals surface area contributed by atoms with Crippen molar-refractivity contribution in [2.24, 2.45) is 0 Å². The van der Waals surface area contributed by atoms with Crippen LogP contribution >= 0.6 is 0 Å². The molecule has 25 heavy (non-hydrogen) atoms. The predicted octanol–water partition coefficient (Wildman–Crippen LogP) is 2.80. The molecule has 1 aromatic heterocycles. The summed E-state index contributed by atoms with van der Waals surface area (Å²) in [6.45, 7) is -2.84. The number of hydrogen-bond acceptors (Lipinski definition) is 4. The summed E-state index contributed by atoms with van der Waals surface area (Å²) in [4.78, 5) is 16.1. The summed E-state index contributed by atoms with van der Waals surface area (Å²) in [7, 11) is 0. The zero-order valence-electron chi connectivity index (χ0n) is 13.0. The summed E-state index contributed by atoms with van der Waals surface area (Å²) >= 11 is 0. The van der Waals surface area contributed by atoms with E-state index >= 15 is 0 Å². The molecule has 0 aliphatic rings. The van der Waals surface area contributed by atoms with Gasteiger partial charge in [0.2, 0.25) is 0 Å². The maximum Gasteiger partial charge on any atom is 0.387 e. The van der Waals surface area contributed by atoms with Crippen LogP contribution in [0.5, 0.6) is 5.75 Å². The molecule has 3 aromatic rings. The van der Waals surface area contributed by atoms with Crippen LogP contribution in [0.3, 0.4) is 0 Å². The number of alkyl halides is 2. The van der Waals surface area contributed by atoms with Gasteiger partial charge in [0.15, 0.2) is 0 Å². The molecule has 6 nitrogen and oxygen atoms in total. The van der Waals surface area contributed by atoms with Crippen molar-refractivity contribution < 1.29 is 18.3 Å². The number of halogens is 2. The number of nitrogens with zero attached hydrogens (tertiary/aromatic N) is 3. The van der Waals surface area contributed by atoms with Crippen molar-refractivity contribution in [2.45, 2.75) is 13.2 Å². The van der Waals surface area contributed by atoms with Gasteiger partial charge in [-0.15, -0.1) is 0 Å². The van der Waals surface area contributed by atoms with E-state index in [9.17, 15) is 13.6 Å². The Bertz CT molecular complexity index is 836.